The van der Waals surface area contributed by atoms with Crippen molar-refractivity contribution in [1.29, 1.82) is 0 Å². The minimum atomic E-state index is -3.26. The summed E-state index contributed by atoms with van der Waals surface area (Å²) >= 11 is 0. The molecule has 0 N–H and O–H groups in total. The van der Waals surface area contributed by atoms with Crippen LogP contribution in [0.1, 0.15) is 31.7 Å². The molecule has 5 heteroatoms. The molecule has 0 aliphatic carbocycles. The molecule has 1 rings (SSSR count). The third-order valence-electron chi connectivity index (χ3n) is 3.41. The Balaban J connectivity index is 2.77. The average Bonchev–Trinajstić information content (AvgIpc) is 2.45. The first kappa shape index (κ1) is 17.1. The number of rotatable bonds is 8. The van der Waals surface area contributed by atoms with Gasteiger partial charge in [-0.05, 0) is 17.4 Å². The molecule has 0 radical (unpaired) electrons. The molecule has 0 saturated heterocycles. The van der Waals surface area contributed by atoms with Crippen LogP contribution >= 0.6 is 7.60 Å². The second-order valence-electron chi connectivity index (χ2n) is 5.14. The third-order valence-corrected chi connectivity index (χ3v) is 5.26. The number of carbonyl (C=O) groups excluding carboxylic acids is 1. The Morgan fingerprint density at radius 3 is 2.15 bits per heavy atom. The Morgan fingerprint density at radius 2 is 1.70 bits per heavy atom. The Hall–Kier alpha value is -0.960. The molecule has 0 fully saturated rings. The maximum atomic E-state index is 12.1. The molecular formula is C15H23O4P. The van der Waals surface area contributed by atoms with Crippen LogP contribution in [0.3, 0.4) is 0 Å². The highest BCUT2D eigenvalue weighted by molar-refractivity contribution is 7.54. The van der Waals surface area contributed by atoms with Gasteiger partial charge in [0, 0.05) is 20.6 Å². The van der Waals surface area contributed by atoms with Crippen LogP contribution in [0.2, 0.25) is 0 Å². The van der Waals surface area contributed by atoms with Crippen molar-refractivity contribution < 1.29 is 18.4 Å². The lowest BCUT2D eigenvalue weighted by Crippen LogP contribution is -2.16. The highest BCUT2D eigenvalue weighted by atomic mass is 31.2. The van der Waals surface area contributed by atoms with Gasteiger partial charge < -0.3 is 9.05 Å². The summed E-state index contributed by atoms with van der Waals surface area (Å²) in [5.74, 6) is 0.344. The number of Topliss-reactive ketones (excluding diaryl/α,β-unsaturated/α-hetero) is 1. The molecule has 4 nitrogen and oxygen atoms in total. The Labute approximate surface area is 121 Å². The van der Waals surface area contributed by atoms with E-state index in [4.69, 9.17) is 9.05 Å². The van der Waals surface area contributed by atoms with E-state index < -0.39 is 7.60 Å². The maximum absolute atomic E-state index is 12.1. The van der Waals surface area contributed by atoms with E-state index >= 15 is 0 Å². The van der Waals surface area contributed by atoms with Gasteiger partial charge in [-0.25, -0.2) is 0 Å². The zero-order chi connectivity index (χ0) is 15.2. The molecule has 0 heterocycles. The SMILES string of the molecule is COP(=O)(CC(=O)C[C@H](c1ccccc1)C(C)C)OC. The van der Waals surface area contributed by atoms with Crippen LogP contribution in [0.15, 0.2) is 30.3 Å². The van der Waals surface area contributed by atoms with Crippen molar-refractivity contribution in [2.75, 3.05) is 20.4 Å². The molecule has 0 bridgehead atoms. The van der Waals surface area contributed by atoms with Crippen molar-refractivity contribution in [2.45, 2.75) is 26.2 Å². The zero-order valence-electron chi connectivity index (χ0n) is 12.5. The summed E-state index contributed by atoms with van der Waals surface area (Å²) in [6.45, 7) is 4.16. The topological polar surface area (TPSA) is 52.6 Å². The first-order valence-corrected chi connectivity index (χ1v) is 8.42. The third kappa shape index (κ3) is 4.86. The number of ketones is 1. The molecule has 1 aromatic carbocycles. The maximum Gasteiger partial charge on any atom is 0.337 e. The van der Waals surface area contributed by atoms with Crippen LogP contribution in [0.4, 0.5) is 0 Å². The lowest BCUT2D eigenvalue weighted by Gasteiger charge is -2.21. The van der Waals surface area contributed by atoms with Crippen LogP contribution in [-0.2, 0) is 18.4 Å². The van der Waals surface area contributed by atoms with Crippen molar-refractivity contribution >= 4 is 13.4 Å². The van der Waals surface area contributed by atoms with E-state index in [0.29, 0.717) is 12.3 Å². The van der Waals surface area contributed by atoms with Crippen molar-refractivity contribution in [3.8, 4) is 0 Å². The van der Waals surface area contributed by atoms with E-state index in [1.54, 1.807) is 0 Å². The molecular weight excluding hydrogens is 275 g/mol. The Bertz CT molecular complexity index is 462. The van der Waals surface area contributed by atoms with Crippen molar-refractivity contribution in [1.82, 2.24) is 0 Å². The van der Waals surface area contributed by atoms with Crippen LogP contribution in [0, 0.1) is 5.92 Å². The van der Waals surface area contributed by atoms with E-state index in [0.717, 1.165) is 5.56 Å². The molecule has 0 spiro atoms. The summed E-state index contributed by atoms with van der Waals surface area (Å²) in [6, 6.07) is 9.91. The molecule has 112 valence electrons. The lowest BCUT2D eigenvalue weighted by molar-refractivity contribution is -0.117. The minimum absolute atomic E-state index is 0.0976. The molecule has 0 aromatic heterocycles. The van der Waals surface area contributed by atoms with Crippen LogP contribution in [0.5, 0.6) is 0 Å². The van der Waals surface area contributed by atoms with Gasteiger partial charge in [0.05, 0.1) is 0 Å². The fourth-order valence-corrected chi connectivity index (χ4v) is 3.14. The van der Waals surface area contributed by atoms with E-state index in [1.807, 2.05) is 30.3 Å². The molecule has 0 saturated carbocycles. The fraction of sp³-hybridized carbons (Fsp3) is 0.533. The van der Waals surface area contributed by atoms with Crippen molar-refractivity contribution in [3.63, 3.8) is 0 Å². The second kappa shape index (κ2) is 7.72. The molecule has 0 aliphatic heterocycles. The molecule has 0 amide bonds. The summed E-state index contributed by atoms with van der Waals surface area (Å²) in [7, 11) is -0.664. The fourth-order valence-electron chi connectivity index (χ4n) is 2.17. The zero-order valence-corrected chi connectivity index (χ0v) is 13.4. The first-order valence-electron chi connectivity index (χ1n) is 6.69. The number of carbonyl (C=O) groups is 1. The number of benzene rings is 1. The minimum Gasteiger partial charge on any atom is -0.312 e. The molecule has 1 aromatic rings. The molecule has 20 heavy (non-hydrogen) atoms. The second-order valence-corrected chi connectivity index (χ2v) is 7.41. The summed E-state index contributed by atoms with van der Waals surface area (Å²) in [5.41, 5.74) is 1.13. The van der Waals surface area contributed by atoms with Gasteiger partial charge in [-0.1, -0.05) is 44.2 Å². The summed E-state index contributed by atoms with van der Waals surface area (Å²) in [5, 5.41) is 0. The standard InChI is InChI=1S/C15H23O4P/c1-12(2)15(13-8-6-5-7-9-13)10-14(16)11-20(17,18-3)19-4/h5-9,12,15H,10-11H2,1-4H3/t15-/m0/s1. The smallest absolute Gasteiger partial charge is 0.312 e. The Morgan fingerprint density at radius 1 is 1.15 bits per heavy atom. The van der Waals surface area contributed by atoms with Gasteiger partial charge in [0.25, 0.3) is 0 Å². The van der Waals surface area contributed by atoms with Gasteiger partial charge >= 0.3 is 7.60 Å². The van der Waals surface area contributed by atoms with Crippen LogP contribution in [0.25, 0.3) is 0 Å². The normalized spacial score (nSPS) is 13.4. The van der Waals surface area contributed by atoms with E-state index in [-0.39, 0.29) is 17.9 Å². The molecule has 0 unspecified atom stereocenters. The predicted molar refractivity (Wildman–Crippen MR) is 80.1 cm³/mol. The van der Waals surface area contributed by atoms with Gasteiger partial charge in [0.15, 0.2) is 0 Å². The highest BCUT2D eigenvalue weighted by Gasteiger charge is 2.28. The summed E-state index contributed by atoms with van der Waals surface area (Å²) < 4.78 is 21.6. The van der Waals surface area contributed by atoms with Gasteiger partial charge in [-0.15, -0.1) is 0 Å². The first-order chi connectivity index (χ1) is 9.41. The van der Waals surface area contributed by atoms with E-state index in [9.17, 15) is 9.36 Å². The Kier molecular flexibility index (Phi) is 6.60. The van der Waals surface area contributed by atoms with Gasteiger partial charge in [0.2, 0.25) is 0 Å². The number of hydrogen-bond donors (Lipinski definition) is 0. The lowest BCUT2D eigenvalue weighted by atomic mass is 9.85. The summed E-state index contributed by atoms with van der Waals surface area (Å²) in [4.78, 5) is 12.1. The number of hydrogen-bond acceptors (Lipinski definition) is 4. The molecule has 1 atom stereocenters. The molecule has 0 aliphatic rings. The van der Waals surface area contributed by atoms with Gasteiger partial charge in [0.1, 0.15) is 11.9 Å². The van der Waals surface area contributed by atoms with Gasteiger partial charge in [-0.2, -0.15) is 0 Å². The highest BCUT2D eigenvalue weighted by Crippen LogP contribution is 2.46. The van der Waals surface area contributed by atoms with Gasteiger partial charge in [-0.3, -0.25) is 9.36 Å². The average molecular weight is 298 g/mol. The predicted octanol–water partition coefficient (Wildman–Crippen LogP) is 3.87. The quantitative estimate of drug-likeness (QED) is 0.684. The van der Waals surface area contributed by atoms with E-state index in [1.165, 1.54) is 14.2 Å². The van der Waals surface area contributed by atoms with E-state index in [2.05, 4.69) is 13.8 Å². The summed E-state index contributed by atoms with van der Waals surface area (Å²) in [6.07, 6.45) is 0.175. The van der Waals surface area contributed by atoms with Crippen LogP contribution < -0.4 is 0 Å². The van der Waals surface area contributed by atoms with Crippen molar-refractivity contribution in [2.24, 2.45) is 5.92 Å². The monoisotopic (exact) mass is 298 g/mol. The largest absolute Gasteiger partial charge is 0.337 e. The van der Waals surface area contributed by atoms with Crippen LogP contribution in [-0.4, -0.2) is 26.2 Å². The van der Waals surface area contributed by atoms with Crippen molar-refractivity contribution in [3.05, 3.63) is 35.9 Å².